The minimum Gasteiger partial charge on any atom is -0.492 e. The van der Waals surface area contributed by atoms with E-state index in [9.17, 15) is 0 Å². The first-order chi connectivity index (χ1) is 6.74. The molecule has 0 radical (unpaired) electrons. The van der Waals surface area contributed by atoms with Gasteiger partial charge in [-0.25, -0.2) is 0 Å². The Bertz CT molecular complexity index is 462. The Labute approximate surface area is 101 Å². The Balaban J connectivity index is 2.70. The van der Waals surface area contributed by atoms with Crippen LogP contribution in [0.25, 0.3) is 10.1 Å². The Morgan fingerprint density at radius 1 is 1.43 bits per heavy atom. The van der Waals surface area contributed by atoms with Crippen molar-refractivity contribution in [2.75, 3.05) is 6.61 Å². The van der Waals surface area contributed by atoms with Crippen molar-refractivity contribution in [1.29, 1.82) is 0 Å². The van der Waals surface area contributed by atoms with Crippen LogP contribution >= 0.6 is 33.9 Å². The number of thiophene rings is 1. The molecular formula is C11H11IOS. The van der Waals surface area contributed by atoms with Gasteiger partial charge in [0, 0.05) is 14.3 Å². The topological polar surface area (TPSA) is 9.23 Å². The van der Waals surface area contributed by atoms with Crippen LogP contribution in [0.3, 0.4) is 0 Å². The van der Waals surface area contributed by atoms with Gasteiger partial charge in [0.25, 0.3) is 0 Å². The van der Waals surface area contributed by atoms with Crippen molar-refractivity contribution >= 4 is 44.0 Å². The lowest BCUT2D eigenvalue weighted by atomic mass is 10.1. The lowest BCUT2D eigenvalue weighted by Crippen LogP contribution is -1.90. The number of hydrogen-bond acceptors (Lipinski definition) is 2. The molecule has 0 aliphatic carbocycles. The Morgan fingerprint density at radius 3 is 2.93 bits per heavy atom. The summed E-state index contributed by atoms with van der Waals surface area (Å²) in [5.41, 5.74) is 1.30. The standard InChI is InChI=1S/C11H11IOS/c1-3-13-9-6-14-11-8(12)5-4-7(2)10(9)11/h4-6H,3H2,1-2H3. The third kappa shape index (κ3) is 1.63. The summed E-state index contributed by atoms with van der Waals surface area (Å²) < 4.78 is 8.25. The first kappa shape index (κ1) is 10.2. The Hall–Kier alpha value is -0.290. The fourth-order valence-electron chi connectivity index (χ4n) is 1.51. The van der Waals surface area contributed by atoms with Gasteiger partial charge < -0.3 is 4.74 Å². The molecule has 14 heavy (non-hydrogen) atoms. The van der Waals surface area contributed by atoms with Gasteiger partial charge in [-0.3, -0.25) is 0 Å². The number of benzene rings is 1. The van der Waals surface area contributed by atoms with Gasteiger partial charge in [0.05, 0.1) is 11.3 Å². The van der Waals surface area contributed by atoms with E-state index < -0.39 is 0 Å². The molecule has 0 aliphatic rings. The average molecular weight is 318 g/mol. The maximum Gasteiger partial charge on any atom is 0.138 e. The molecule has 0 unspecified atom stereocenters. The lowest BCUT2D eigenvalue weighted by Gasteiger charge is -2.03. The van der Waals surface area contributed by atoms with Crippen molar-refractivity contribution in [1.82, 2.24) is 0 Å². The van der Waals surface area contributed by atoms with Crippen molar-refractivity contribution in [3.8, 4) is 5.75 Å². The molecule has 0 amide bonds. The quantitative estimate of drug-likeness (QED) is 0.754. The van der Waals surface area contributed by atoms with Crippen LogP contribution < -0.4 is 4.74 Å². The zero-order chi connectivity index (χ0) is 10.1. The molecule has 0 N–H and O–H groups in total. The number of fused-ring (bicyclic) bond motifs is 1. The highest BCUT2D eigenvalue weighted by atomic mass is 127. The molecule has 74 valence electrons. The number of rotatable bonds is 2. The SMILES string of the molecule is CCOc1csc2c(I)ccc(C)c12. The van der Waals surface area contributed by atoms with Crippen LogP contribution in [0.15, 0.2) is 17.5 Å². The van der Waals surface area contributed by atoms with Crippen molar-refractivity contribution in [2.24, 2.45) is 0 Å². The third-order valence-corrected chi connectivity index (χ3v) is 4.40. The van der Waals surface area contributed by atoms with Crippen LogP contribution in [0.5, 0.6) is 5.75 Å². The predicted octanol–water partition coefficient (Wildman–Crippen LogP) is 4.21. The minimum atomic E-state index is 0.733. The van der Waals surface area contributed by atoms with E-state index in [2.05, 4.69) is 47.0 Å². The van der Waals surface area contributed by atoms with Crippen molar-refractivity contribution in [3.63, 3.8) is 0 Å². The second kappa shape index (κ2) is 4.06. The fraction of sp³-hybridized carbons (Fsp3) is 0.273. The molecule has 0 aliphatic heterocycles. The fourth-order valence-corrected chi connectivity index (χ4v) is 3.31. The number of halogens is 1. The molecule has 0 saturated heterocycles. The first-order valence-electron chi connectivity index (χ1n) is 4.53. The molecule has 1 heterocycles. The largest absolute Gasteiger partial charge is 0.492 e. The summed E-state index contributed by atoms with van der Waals surface area (Å²) in [6.07, 6.45) is 0. The van der Waals surface area contributed by atoms with Gasteiger partial charge in [-0.2, -0.15) is 0 Å². The maximum absolute atomic E-state index is 5.60. The number of hydrogen-bond donors (Lipinski definition) is 0. The molecule has 0 spiro atoms. The molecule has 2 rings (SSSR count). The van der Waals surface area contributed by atoms with E-state index in [1.807, 2.05) is 6.92 Å². The van der Waals surface area contributed by atoms with E-state index >= 15 is 0 Å². The molecule has 0 fully saturated rings. The molecule has 0 atom stereocenters. The van der Waals surface area contributed by atoms with Crippen LogP contribution in [0.1, 0.15) is 12.5 Å². The Kier molecular flexibility index (Phi) is 2.97. The Morgan fingerprint density at radius 2 is 2.21 bits per heavy atom. The molecular weight excluding hydrogens is 307 g/mol. The molecule has 2 aromatic rings. The van der Waals surface area contributed by atoms with Crippen molar-refractivity contribution < 1.29 is 4.74 Å². The highest BCUT2D eigenvalue weighted by Crippen LogP contribution is 2.37. The normalized spacial score (nSPS) is 10.8. The summed E-state index contributed by atoms with van der Waals surface area (Å²) in [5.74, 6) is 1.03. The third-order valence-electron chi connectivity index (χ3n) is 2.15. The summed E-state index contributed by atoms with van der Waals surface area (Å²) >= 11 is 4.13. The highest BCUT2D eigenvalue weighted by molar-refractivity contribution is 14.1. The number of ether oxygens (including phenoxy) is 1. The van der Waals surface area contributed by atoms with Crippen LogP contribution in [0.4, 0.5) is 0 Å². The van der Waals surface area contributed by atoms with Gasteiger partial charge in [-0.15, -0.1) is 11.3 Å². The minimum absolute atomic E-state index is 0.733. The van der Waals surface area contributed by atoms with E-state index in [0.717, 1.165) is 12.4 Å². The predicted molar refractivity (Wildman–Crippen MR) is 70.4 cm³/mol. The summed E-state index contributed by atoms with van der Waals surface area (Å²) in [7, 11) is 0. The van der Waals surface area contributed by atoms with Gasteiger partial charge >= 0.3 is 0 Å². The average Bonchev–Trinajstić information content (AvgIpc) is 2.58. The van der Waals surface area contributed by atoms with Crippen LogP contribution in [-0.4, -0.2) is 6.61 Å². The molecule has 3 heteroatoms. The van der Waals surface area contributed by atoms with Gasteiger partial charge in [-0.05, 0) is 48.1 Å². The van der Waals surface area contributed by atoms with E-state index in [0.29, 0.717) is 0 Å². The van der Waals surface area contributed by atoms with Gasteiger partial charge in [0.2, 0.25) is 0 Å². The molecule has 1 aromatic heterocycles. The monoisotopic (exact) mass is 318 g/mol. The smallest absolute Gasteiger partial charge is 0.138 e. The van der Waals surface area contributed by atoms with Crippen LogP contribution in [0, 0.1) is 10.5 Å². The molecule has 1 nitrogen and oxygen atoms in total. The van der Waals surface area contributed by atoms with Gasteiger partial charge in [-0.1, -0.05) is 6.07 Å². The summed E-state index contributed by atoms with van der Waals surface area (Å²) in [6, 6.07) is 4.31. The lowest BCUT2D eigenvalue weighted by molar-refractivity contribution is 0.345. The maximum atomic E-state index is 5.60. The first-order valence-corrected chi connectivity index (χ1v) is 6.49. The second-order valence-electron chi connectivity index (χ2n) is 3.10. The molecule has 1 aromatic carbocycles. The van der Waals surface area contributed by atoms with E-state index in [-0.39, 0.29) is 0 Å². The van der Waals surface area contributed by atoms with Gasteiger partial charge in [0.1, 0.15) is 5.75 Å². The highest BCUT2D eigenvalue weighted by Gasteiger charge is 2.09. The van der Waals surface area contributed by atoms with Crippen molar-refractivity contribution in [2.45, 2.75) is 13.8 Å². The summed E-state index contributed by atoms with van der Waals surface area (Å²) in [4.78, 5) is 0. The molecule has 0 saturated carbocycles. The summed E-state index contributed by atoms with van der Waals surface area (Å²) in [6.45, 7) is 4.89. The van der Waals surface area contributed by atoms with E-state index in [1.54, 1.807) is 11.3 Å². The number of aryl methyl sites for hydroxylation is 1. The molecule has 0 bridgehead atoms. The van der Waals surface area contributed by atoms with E-state index in [4.69, 9.17) is 4.74 Å². The van der Waals surface area contributed by atoms with E-state index in [1.165, 1.54) is 19.2 Å². The zero-order valence-electron chi connectivity index (χ0n) is 8.13. The van der Waals surface area contributed by atoms with Crippen LogP contribution in [-0.2, 0) is 0 Å². The van der Waals surface area contributed by atoms with Crippen molar-refractivity contribution in [3.05, 3.63) is 26.6 Å². The zero-order valence-corrected chi connectivity index (χ0v) is 11.1. The van der Waals surface area contributed by atoms with Crippen LogP contribution in [0.2, 0.25) is 0 Å². The summed E-state index contributed by atoms with van der Waals surface area (Å²) in [5, 5.41) is 3.38. The van der Waals surface area contributed by atoms with Gasteiger partial charge in [0.15, 0.2) is 0 Å². The second-order valence-corrected chi connectivity index (χ2v) is 5.14.